The Hall–Kier alpha value is -9.39. The van der Waals surface area contributed by atoms with Crippen molar-refractivity contribution in [1.82, 2.24) is 4.90 Å². The van der Waals surface area contributed by atoms with Crippen LogP contribution in [0.4, 0.5) is 0 Å². The summed E-state index contributed by atoms with van der Waals surface area (Å²) in [5, 5.41) is 80.1. The van der Waals surface area contributed by atoms with Crippen LogP contribution in [-0.2, 0) is 110 Å². The molecule has 6 aromatic rings. The molecule has 5 aromatic carbocycles. The summed E-state index contributed by atoms with van der Waals surface area (Å²) in [6.07, 6.45) is 37.0. The number of carboxylic acids is 4. The van der Waals surface area contributed by atoms with Crippen molar-refractivity contribution in [3.05, 3.63) is 169 Å². The van der Waals surface area contributed by atoms with Crippen LogP contribution < -0.4 is 29.5 Å². The van der Waals surface area contributed by atoms with Crippen LogP contribution in [0.1, 0.15) is 309 Å². The summed E-state index contributed by atoms with van der Waals surface area (Å²) in [7, 11) is 0. The van der Waals surface area contributed by atoms with Crippen LogP contribution >= 0.6 is 0 Å². The molecule has 8 aliphatic carbocycles. The number of esters is 2. The molecule has 28 heteroatoms. The van der Waals surface area contributed by atoms with E-state index in [0.29, 0.717) is 99.6 Å². The molecular formula is C119H171NO27. The SMILES string of the molecule is CCCCC[C@@H](CC[C@@H]1[C@H]2Cc3cccc(OCC(=O)O)c3C[C@H]2C[C@H]1O)OC(=O)COc1ccc(C)cc1.CCCCC[C@@H](CC[C@@H]1[C@H]2Cc3cccc(OCC(=O)O)c3C[C@H]2C[C@H]1O)OCCN1CCCCC1.CCCCC[C@@H](CC[C@@H]1[C@H]2Cc3cccc(OCC(=O)O)c3C[C@H]2C[C@H]1O)OCOC(=O)C(C)(C)C.CCCCC[C@@H](CC[C@@H]1[C@H]2Cc3cccc(OCC(=O)O)c3C[C@H]2C[C@H]1O)OCc1oc(=O)oc1C. The quantitative estimate of drug-likeness (QED) is 0.00998. The lowest BCUT2D eigenvalue weighted by molar-refractivity contribution is -0.171. The van der Waals surface area contributed by atoms with E-state index < -0.39 is 41.2 Å². The van der Waals surface area contributed by atoms with Crippen LogP contribution in [0, 0.1) is 90.3 Å². The van der Waals surface area contributed by atoms with Crippen molar-refractivity contribution in [3.63, 3.8) is 0 Å². The van der Waals surface area contributed by atoms with E-state index in [2.05, 4.69) is 56.9 Å². The Balaban J connectivity index is 0.000000174. The van der Waals surface area contributed by atoms with Gasteiger partial charge < -0.3 is 102 Å². The summed E-state index contributed by atoms with van der Waals surface area (Å²) in [4.78, 5) is 82.6. The van der Waals surface area contributed by atoms with Crippen molar-refractivity contribution in [1.29, 1.82) is 0 Å². The Kier molecular flexibility index (Phi) is 46.6. The van der Waals surface area contributed by atoms with Gasteiger partial charge in [0.25, 0.3) is 0 Å². The molecule has 4 saturated carbocycles. The summed E-state index contributed by atoms with van der Waals surface area (Å²) in [5.41, 5.74) is 9.81. The largest absolute Gasteiger partial charge is 0.519 e. The van der Waals surface area contributed by atoms with Crippen molar-refractivity contribution >= 4 is 35.8 Å². The molecular weight excluding hydrogens is 1880 g/mol. The maximum Gasteiger partial charge on any atom is 0.519 e. The first kappa shape index (κ1) is 116. The number of nitrogens with zero attached hydrogens (tertiary/aromatic N) is 1. The summed E-state index contributed by atoms with van der Waals surface area (Å²) >= 11 is 0. The number of aryl methyl sites for hydroxylation is 2. The third kappa shape index (κ3) is 35.4. The first-order chi connectivity index (χ1) is 70.8. The number of carboxylic acid groups (broad SMARTS) is 4. The number of likely N-dealkylation sites (tertiary alicyclic amines) is 1. The van der Waals surface area contributed by atoms with Crippen molar-refractivity contribution in [2.75, 3.05) is 66.1 Å². The van der Waals surface area contributed by atoms with E-state index in [1.165, 1.54) is 73.9 Å². The number of unbranched alkanes of at least 4 members (excludes halogenated alkanes) is 8. The minimum absolute atomic E-state index is 0.00228. The van der Waals surface area contributed by atoms with E-state index in [-0.39, 0.29) is 113 Å². The normalized spacial score (nSPS) is 24.2. The minimum Gasteiger partial charge on any atom is -0.482 e. The number of ether oxygens (including phenoxy) is 10. The summed E-state index contributed by atoms with van der Waals surface area (Å²) in [6.45, 7) is 20.9. The molecule has 1 saturated heterocycles. The van der Waals surface area contributed by atoms with Gasteiger partial charge in [0.2, 0.25) is 0 Å². The molecule has 2 heterocycles. The fraction of sp³-hybridized carbons (Fsp3) is 0.672. The molecule has 0 unspecified atom stereocenters. The van der Waals surface area contributed by atoms with Gasteiger partial charge in [0.15, 0.2) is 45.6 Å². The summed E-state index contributed by atoms with van der Waals surface area (Å²) < 4.78 is 67.8. The molecule has 1 aliphatic heterocycles. The highest BCUT2D eigenvalue weighted by molar-refractivity contribution is 5.75. The van der Waals surface area contributed by atoms with Gasteiger partial charge in [-0.3, -0.25) is 4.79 Å². The number of carbonyl (C=O) groups is 6. The fourth-order valence-electron chi connectivity index (χ4n) is 25.1. The molecule has 9 aliphatic rings. The summed E-state index contributed by atoms with van der Waals surface area (Å²) in [6, 6.07) is 31.2. The molecule has 15 rings (SSSR count). The van der Waals surface area contributed by atoms with Crippen LogP contribution in [0.25, 0.3) is 0 Å². The number of benzene rings is 5. The number of rotatable bonds is 54. The van der Waals surface area contributed by atoms with Crippen LogP contribution in [0.15, 0.2) is 111 Å². The number of piperidine rings is 1. The van der Waals surface area contributed by atoms with Gasteiger partial charge in [0.05, 0.1) is 54.7 Å². The molecule has 814 valence electrons. The molecule has 0 amide bonds. The van der Waals surface area contributed by atoms with Crippen molar-refractivity contribution in [2.24, 2.45) is 76.4 Å². The molecule has 1 aromatic heterocycles. The van der Waals surface area contributed by atoms with Crippen LogP contribution in [0.2, 0.25) is 0 Å². The Bertz CT molecular complexity index is 5110. The highest BCUT2D eigenvalue weighted by Crippen LogP contribution is 2.54. The van der Waals surface area contributed by atoms with Crippen molar-refractivity contribution in [3.8, 4) is 28.7 Å². The highest BCUT2D eigenvalue weighted by atomic mass is 16.7. The van der Waals surface area contributed by atoms with E-state index in [9.17, 15) is 54.0 Å². The molecule has 0 spiro atoms. The van der Waals surface area contributed by atoms with E-state index in [0.717, 1.165) is 253 Å². The topological polar surface area (TPSA) is 403 Å². The molecule has 0 radical (unpaired) electrons. The lowest BCUT2D eigenvalue weighted by atomic mass is 9.73. The monoisotopic (exact) mass is 2050 g/mol. The third-order valence-corrected chi connectivity index (χ3v) is 32.9. The number of aliphatic carboxylic acids is 4. The zero-order valence-corrected chi connectivity index (χ0v) is 88.9. The van der Waals surface area contributed by atoms with Gasteiger partial charge >= 0.3 is 41.6 Å². The van der Waals surface area contributed by atoms with E-state index in [1.807, 2.05) is 100 Å². The maximum absolute atomic E-state index is 12.6. The molecule has 0 bridgehead atoms. The predicted octanol–water partition coefficient (Wildman–Crippen LogP) is 20.4. The second-order valence-corrected chi connectivity index (χ2v) is 44.4. The van der Waals surface area contributed by atoms with Gasteiger partial charge in [-0.15, -0.1) is 0 Å². The van der Waals surface area contributed by atoms with Gasteiger partial charge in [0.1, 0.15) is 47.2 Å². The number of hydrogen-bond donors (Lipinski definition) is 8. The Labute approximate surface area is 870 Å². The average molecular weight is 2050 g/mol. The Morgan fingerprint density at radius 2 is 0.748 bits per heavy atom. The van der Waals surface area contributed by atoms with Crippen LogP contribution in [-0.4, -0.2) is 196 Å². The number of fused-ring (bicyclic) bond motifs is 8. The predicted molar refractivity (Wildman–Crippen MR) is 558 cm³/mol. The van der Waals surface area contributed by atoms with E-state index >= 15 is 0 Å². The number of hydrogen-bond acceptors (Lipinski definition) is 24. The minimum atomic E-state index is -0.992. The van der Waals surface area contributed by atoms with Gasteiger partial charge in [-0.2, -0.15) is 0 Å². The Morgan fingerprint density at radius 1 is 0.401 bits per heavy atom. The number of aliphatic hydroxyl groups is 4. The molecule has 20 atom stereocenters. The molecule has 8 N–H and O–H groups in total. The first-order valence-electron chi connectivity index (χ1n) is 55.6. The van der Waals surface area contributed by atoms with Crippen LogP contribution in [0.5, 0.6) is 28.7 Å². The Morgan fingerprint density at radius 3 is 1.09 bits per heavy atom. The number of carbonyl (C=O) groups excluding carboxylic acids is 2. The summed E-state index contributed by atoms with van der Waals surface area (Å²) in [5.74, 6) is 2.84. The molecule has 147 heavy (non-hydrogen) atoms. The van der Waals surface area contributed by atoms with E-state index in [1.54, 1.807) is 6.92 Å². The van der Waals surface area contributed by atoms with Gasteiger partial charge in [0, 0.05) is 6.54 Å². The first-order valence-corrected chi connectivity index (χ1v) is 55.6. The van der Waals surface area contributed by atoms with Crippen LogP contribution in [0.3, 0.4) is 0 Å². The highest BCUT2D eigenvalue weighted by Gasteiger charge is 2.50. The van der Waals surface area contributed by atoms with Gasteiger partial charge in [-0.05, 0) is 373 Å². The standard InChI is InChI=1S/C32H42O7.C30H47NO5.C29H44O7.C28H38O8/c1-3-4-5-8-25(39-32(36)20-37-24-12-10-21(2)11-13-24)14-15-26-27-16-22-7-6-9-30(38-19-31(34)35)28(22)17-23(27)18-29(26)33;1-2-3-5-10-24(35-17-16-31-14-6-4-7-15-31)12-13-25-26-18-22-9-8-11-29(36-21-30(33)34)27(22)19-23(26)20-28(25)32;1-5-6-7-10-21(35-18-36-28(33)29(2,3)4)12-13-22-23-14-19-9-8-11-26(34-17-27(31)32)24(19)15-20(23)16-25(22)30;1-3-4-5-8-20(33-15-26-17(2)35-28(32)36-26)10-11-21-22-12-18-7-6-9-25(34-16-27(30)31)23(18)13-19(22)14-24(21)29/h6-7,9-13,23,25-27,29,33H,3-5,8,14-20H2,1-2H3,(H,34,35);8-9,11,23-26,28,32H,2-7,10,12-21H2,1H3,(H,33,34);8-9,11,20-23,25,30H,5-7,10,12-18H2,1-4H3,(H,31,32);6-7,9,19-22,24,29H,3-5,8,10-16H2,1-2H3,(H,30,31)/t23-,25-,26+,27-,29+;23-,24-,25+,26-,28+;20-,21-,22+,23-,25+;19-,20-,21+,22-,24+/m0000/s1. The number of aliphatic hydroxyl groups excluding tert-OH is 4. The molecule has 28 nitrogen and oxygen atoms in total. The zero-order chi connectivity index (χ0) is 105. The fourth-order valence-corrected chi connectivity index (χ4v) is 25.1. The van der Waals surface area contributed by atoms with Gasteiger partial charge in [-0.25, -0.2) is 28.8 Å². The second kappa shape index (κ2) is 58.9. The second-order valence-electron chi connectivity index (χ2n) is 44.4. The van der Waals surface area contributed by atoms with E-state index in [4.69, 9.17) is 76.6 Å². The van der Waals surface area contributed by atoms with Gasteiger partial charge in [-0.1, -0.05) is 171 Å². The third-order valence-electron chi connectivity index (χ3n) is 32.9. The molecule has 5 fully saturated rings. The smallest absolute Gasteiger partial charge is 0.482 e. The van der Waals surface area contributed by atoms with Crippen molar-refractivity contribution < 1.29 is 126 Å². The lowest BCUT2D eigenvalue weighted by Gasteiger charge is -2.33. The average Bonchev–Trinajstić information content (AvgIpc) is 1.65. The zero-order valence-electron chi connectivity index (χ0n) is 88.9. The lowest BCUT2D eigenvalue weighted by Crippen LogP contribution is -2.34. The maximum atomic E-state index is 12.6. The van der Waals surface area contributed by atoms with Crippen molar-refractivity contribution in [2.45, 2.75) is 368 Å².